The minimum absolute atomic E-state index is 0.496. The fraction of sp³-hybridized carbons (Fsp3) is 0.773. The third-order valence-corrected chi connectivity index (χ3v) is 7.07. The molecule has 3 rings (SSSR count). The van der Waals surface area contributed by atoms with E-state index >= 15 is 0 Å². The average Bonchev–Trinajstić information content (AvgIpc) is 2.94. The van der Waals surface area contributed by atoms with Gasteiger partial charge in [0.1, 0.15) is 5.84 Å². The molecule has 146 valence electrons. The molecule has 1 saturated heterocycles. The standard InChI is InChI=1S/C22H37N3S/c1-4-9-19-12-13-22(23-20-14-16-24(26-3)17-15-20)25(18(19)2)21-10-7-5-6-8-11-21/h12,20-21H,2,4-11,13-17H2,1,3H3/b23-22+. The van der Waals surface area contributed by atoms with Crippen molar-refractivity contribution in [3.8, 4) is 0 Å². The van der Waals surface area contributed by atoms with E-state index in [4.69, 9.17) is 4.99 Å². The highest BCUT2D eigenvalue weighted by Crippen LogP contribution is 2.33. The molecule has 26 heavy (non-hydrogen) atoms. The van der Waals surface area contributed by atoms with Gasteiger partial charge in [-0.15, -0.1) is 0 Å². The van der Waals surface area contributed by atoms with Crippen LogP contribution >= 0.6 is 11.9 Å². The number of rotatable bonds is 5. The van der Waals surface area contributed by atoms with Crippen molar-refractivity contribution >= 4 is 17.8 Å². The van der Waals surface area contributed by atoms with Crippen LogP contribution < -0.4 is 0 Å². The Morgan fingerprint density at radius 1 is 1.12 bits per heavy atom. The number of piperidine rings is 1. The van der Waals surface area contributed by atoms with Gasteiger partial charge in [0.15, 0.2) is 0 Å². The summed E-state index contributed by atoms with van der Waals surface area (Å²) in [5.41, 5.74) is 2.72. The van der Waals surface area contributed by atoms with Crippen molar-refractivity contribution < 1.29 is 0 Å². The SMILES string of the molecule is C=C1C(CCC)=CC/C(=N\C2CCN(SC)CC2)N1C1CCCCCC1. The number of amidine groups is 1. The second-order valence-electron chi connectivity index (χ2n) is 8.03. The van der Waals surface area contributed by atoms with E-state index in [1.807, 2.05) is 11.9 Å². The molecule has 0 aromatic rings. The highest BCUT2D eigenvalue weighted by Gasteiger charge is 2.30. The van der Waals surface area contributed by atoms with Gasteiger partial charge in [-0.1, -0.05) is 63.6 Å². The fourth-order valence-corrected chi connectivity index (χ4v) is 5.26. The van der Waals surface area contributed by atoms with Crippen LogP contribution in [0.15, 0.2) is 28.9 Å². The Kier molecular flexibility index (Phi) is 7.68. The van der Waals surface area contributed by atoms with Gasteiger partial charge in [0, 0.05) is 31.2 Å². The minimum Gasteiger partial charge on any atom is -0.327 e. The average molecular weight is 376 g/mol. The van der Waals surface area contributed by atoms with Gasteiger partial charge in [0.25, 0.3) is 0 Å². The molecule has 3 nitrogen and oxygen atoms in total. The molecule has 1 saturated carbocycles. The Hall–Kier alpha value is -0.740. The van der Waals surface area contributed by atoms with Crippen LogP contribution in [0.4, 0.5) is 0 Å². The van der Waals surface area contributed by atoms with Gasteiger partial charge in [0.2, 0.25) is 0 Å². The summed E-state index contributed by atoms with van der Waals surface area (Å²) >= 11 is 1.88. The molecule has 0 amide bonds. The molecule has 0 aromatic carbocycles. The van der Waals surface area contributed by atoms with E-state index in [1.54, 1.807) is 0 Å². The molecule has 0 N–H and O–H groups in total. The maximum atomic E-state index is 5.30. The van der Waals surface area contributed by atoms with Crippen molar-refractivity contribution in [2.75, 3.05) is 19.3 Å². The van der Waals surface area contributed by atoms with Crippen LogP contribution in [-0.2, 0) is 0 Å². The first-order valence-electron chi connectivity index (χ1n) is 10.8. The summed E-state index contributed by atoms with van der Waals surface area (Å²) in [4.78, 5) is 7.88. The van der Waals surface area contributed by atoms with Crippen LogP contribution in [0.1, 0.15) is 77.6 Å². The smallest absolute Gasteiger partial charge is 0.108 e. The van der Waals surface area contributed by atoms with Crippen molar-refractivity contribution in [1.82, 2.24) is 9.21 Å². The molecule has 0 unspecified atom stereocenters. The van der Waals surface area contributed by atoms with E-state index in [0.29, 0.717) is 12.1 Å². The summed E-state index contributed by atoms with van der Waals surface area (Å²) in [6.07, 6.45) is 18.5. The van der Waals surface area contributed by atoms with Gasteiger partial charge in [-0.3, -0.25) is 9.30 Å². The zero-order chi connectivity index (χ0) is 18.4. The monoisotopic (exact) mass is 375 g/mol. The molecule has 2 aliphatic heterocycles. The van der Waals surface area contributed by atoms with Crippen molar-refractivity contribution in [1.29, 1.82) is 0 Å². The molecule has 0 aromatic heterocycles. The minimum atomic E-state index is 0.496. The Balaban J connectivity index is 1.78. The van der Waals surface area contributed by atoms with Crippen LogP contribution in [0.5, 0.6) is 0 Å². The predicted molar refractivity (Wildman–Crippen MR) is 116 cm³/mol. The molecule has 0 atom stereocenters. The van der Waals surface area contributed by atoms with Gasteiger partial charge in [-0.25, -0.2) is 0 Å². The third-order valence-electron chi connectivity index (χ3n) is 6.19. The molecule has 4 heteroatoms. The summed E-state index contributed by atoms with van der Waals surface area (Å²) in [7, 11) is 0. The Morgan fingerprint density at radius 3 is 2.42 bits per heavy atom. The highest BCUT2D eigenvalue weighted by molar-refractivity contribution is 7.96. The molecule has 0 spiro atoms. The van der Waals surface area contributed by atoms with E-state index in [9.17, 15) is 0 Å². The van der Waals surface area contributed by atoms with Gasteiger partial charge in [-0.2, -0.15) is 0 Å². The zero-order valence-corrected chi connectivity index (χ0v) is 17.7. The van der Waals surface area contributed by atoms with Crippen LogP contribution in [-0.4, -0.2) is 46.5 Å². The lowest BCUT2D eigenvalue weighted by atomic mass is 9.96. The lowest BCUT2D eigenvalue weighted by molar-refractivity contribution is 0.320. The Morgan fingerprint density at radius 2 is 1.81 bits per heavy atom. The Labute approximate surface area is 165 Å². The van der Waals surface area contributed by atoms with Gasteiger partial charge in [-0.05, 0) is 43.9 Å². The quantitative estimate of drug-likeness (QED) is 0.447. The van der Waals surface area contributed by atoms with E-state index in [1.165, 1.54) is 88.0 Å². The van der Waals surface area contributed by atoms with E-state index in [0.717, 1.165) is 12.8 Å². The molecule has 1 aliphatic carbocycles. The van der Waals surface area contributed by atoms with E-state index in [2.05, 4.69) is 35.0 Å². The van der Waals surface area contributed by atoms with Crippen LogP contribution in [0.2, 0.25) is 0 Å². The number of hydrogen-bond donors (Lipinski definition) is 0. The first-order valence-corrected chi connectivity index (χ1v) is 11.9. The summed E-state index contributed by atoms with van der Waals surface area (Å²) < 4.78 is 2.47. The second-order valence-corrected chi connectivity index (χ2v) is 8.92. The normalized spacial score (nSPS) is 26.2. The van der Waals surface area contributed by atoms with E-state index < -0.39 is 0 Å². The zero-order valence-electron chi connectivity index (χ0n) is 16.9. The number of allylic oxidation sites excluding steroid dienone is 1. The van der Waals surface area contributed by atoms with Crippen molar-refractivity contribution in [2.24, 2.45) is 4.99 Å². The summed E-state index contributed by atoms with van der Waals surface area (Å²) in [6, 6.07) is 1.12. The maximum absolute atomic E-state index is 5.30. The number of aliphatic imine (C=N–C) groups is 1. The molecular formula is C22H37N3S. The van der Waals surface area contributed by atoms with Crippen molar-refractivity contribution in [3.63, 3.8) is 0 Å². The number of nitrogens with zero attached hydrogens (tertiary/aromatic N) is 3. The summed E-state index contributed by atoms with van der Waals surface area (Å²) in [5.74, 6) is 1.31. The third kappa shape index (κ3) is 4.95. The molecule has 2 fully saturated rings. The lowest BCUT2D eigenvalue weighted by Gasteiger charge is -2.40. The topological polar surface area (TPSA) is 18.8 Å². The van der Waals surface area contributed by atoms with E-state index in [-0.39, 0.29) is 0 Å². The molecule has 3 aliphatic rings. The van der Waals surface area contributed by atoms with Crippen LogP contribution in [0.25, 0.3) is 0 Å². The predicted octanol–water partition coefficient (Wildman–Crippen LogP) is 5.80. The van der Waals surface area contributed by atoms with Crippen LogP contribution in [0, 0.1) is 0 Å². The molecule has 0 radical (unpaired) electrons. The first-order chi connectivity index (χ1) is 12.7. The van der Waals surface area contributed by atoms with Gasteiger partial charge in [0.05, 0.1) is 6.04 Å². The van der Waals surface area contributed by atoms with Crippen molar-refractivity contribution in [3.05, 3.63) is 23.9 Å². The van der Waals surface area contributed by atoms with Crippen molar-refractivity contribution in [2.45, 2.75) is 89.6 Å². The molecule has 2 heterocycles. The lowest BCUT2D eigenvalue weighted by Crippen LogP contribution is -2.42. The first kappa shape index (κ1) is 20.0. The highest BCUT2D eigenvalue weighted by atomic mass is 32.2. The summed E-state index contributed by atoms with van der Waals surface area (Å²) in [5, 5.41) is 0. The number of hydrogen-bond acceptors (Lipinski definition) is 3. The maximum Gasteiger partial charge on any atom is 0.108 e. The largest absolute Gasteiger partial charge is 0.327 e. The molecular weight excluding hydrogens is 338 g/mol. The summed E-state index contributed by atoms with van der Waals surface area (Å²) in [6.45, 7) is 9.15. The van der Waals surface area contributed by atoms with Crippen LogP contribution in [0.3, 0.4) is 0 Å². The molecule has 0 bridgehead atoms. The fourth-order valence-electron chi connectivity index (χ4n) is 4.68. The van der Waals surface area contributed by atoms with Gasteiger partial charge < -0.3 is 4.90 Å². The van der Waals surface area contributed by atoms with Gasteiger partial charge >= 0.3 is 0 Å². The second kappa shape index (κ2) is 9.98. The Bertz CT molecular complexity index is 524.